The lowest BCUT2D eigenvalue weighted by molar-refractivity contribution is -0.133. The van der Waals surface area contributed by atoms with Crippen molar-refractivity contribution in [2.24, 2.45) is 39.7 Å². The molecule has 0 aromatic carbocycles. The predicted molar refractivity (Wildman–Crippen MR) is 91.2 cm³/mol. The maximum atomic E-state index is 12.5. The summed E-state index contributed by atoms with van der Waals surface area (Å²) in [5.74, 6) is 3.37. The highest BCUT2D eigenvalue weighted by molar-refractivity contribution is 5.91. The third kappa shape index (κ3) is 2.01. The number of oxime groups is 1. The molecule has 4 aliphatic rings. The van der Waals surface area contributed by atoms with E-state index in [4.69, 9.17) is 4.84 Å². The van der Waals surface area contributed by atoms with Crippen LogP contribution in [0.4, 0.5) is 0 Å². The van der Waals surface area contributed by atoms with Gasteiger partial charge in [-0.2, -0.15) is 0 Å². The maximum absolute atomic E-state index is 12.5. The lowest BCUT2D eigenvalue weighted by Gasteiger charge is -2.59. The van der Waals surface area contributed by atoms with Crippen molar-refractivity contribution in [3.8, 4) is 0 Å². The molecule has 4 aliphatic carbocycles. The summed E-state index contributed by atoms with van der Waals surface area (Å²) in [5, 5.41) is 4.50. The van der Waals surface area contributed by atoms with Crippen LogP contribution < -0.4 is 0 Å². The molecular weight excluding hydrogens is 286 g/mol. The summed E-state index contributed by atoms with van der Waals surface area (Å²) in [6, 6.07) is 0. The number of fused-ring (bicyclic) bond motifs is 5. The average molecular weight is 317 g/mol. The quantitative estimate of drug-likeness (QED) is 0.663. The molecule has 4 rings (SSSR count). The van der Waals surface area contributed by atoms with Crippen LogP contribution in [-0.2, 0) is 9.63 Å². The number of Topliss-reactive ketones (excluding diaryl/α,β-unsaturated/α-hetero) is 1. The standard InChI is InChI=1S/C20H31NO2/c1-19-12-11-16-14(15(19)9-10-18(19)22)8-7-13-5-4-6-17(21-23-3)20(13,16)2/h13-16H,4-12H2,1-3H3/b21-17+/t13?,14-,15-,16-,19-,20-/m0/s1. The lowest BCUT2D eigenvalue weighted by Crippen LogP contribution is -2.56. The highest BCUT2D eigenvalue weighted by Gasteiger charge is 2.61. The first-order chi connectivity index (χ1) is 11.0. The van der Waals surface area contributed by atoms with Gasteiger partial charge in [-0.05, 0) is 75.0 Å². The number of carbonyl (C=O) groups excluding carboxylic acids is 1. The third-order valence-corrected chi connectivity index (χ3v) is 8.40. The van der Waals surface area contributed by atoms with Crippen molar-refractivity contribution in [1.29, 1.82) is 0 Å². The van der Waals surface area contributed by atoms with Gasteiger partial charge in [0.25, 0.3) is 0 Å². The van der Waals surface area contributed by atoms with E-state index in [1.54, 1.807) is 7.11 Å². The Labute approximate surface area is 140 Å². The van der Waals surface area contributed by atoms with Crippen LogP contribution in [0.15, 0.2) is 5.16 Å². The second-order valence-electron chi connectivity index (χ2n) is 8.96. The molecule has 0 bridgehead atoms. The molecule has 3 nitrogen and oxygen atoms in total. The molecule has 0 spiro atoms. The van der Waals surface area contributed by atoms with E-state index in [9.17, 15) is 4.79 Å². The van der Waals surface area contributed by atoms with E-state index >= 15 is 0 Å². The van der Waals surface area contributed by atoms with Crippen LogP contribution in [-0.4, -0.2) is 18.6 Å². The highest BCUT2D eigenvalue weighted by atomic mass is 16.6. The van der Waals surface area contributed by atoms with Crippen molar-refractivity contribution in [3.63, 3.8) is 0 Å². The van der Waals surface area contributed by atoms with Gasteiger partial charge < -0.3 is 4.84 Å². The summed E-state index contributed by atoms with van der Waals surface area (Å²) >= 11 is 0. The zero-order valence-electron chi connectivity index (χ0n) is 14.9. The molecule has 23 heavy (non-hydrogen) atoms. The summed E-state index contributed by atoms with van der Waals surface area (Å²) in [6.07, 6.45) is 10.6. The minimum atomic E-state index is -0.0163. The molecule has 6 atom stereocenters. The van der Waals surface area contributed by atoms with Gasteiger partial charge in [0.15, 0.2) is 0 Å². The maximum Gasteiger partial charge on any atom is 0.139 e. The number of hydrogen-bond acceptors (Lipinski definition) is 3. The van der Waals surface area contributed by atoms with Crippen molar-refractivity contribution in [1.82, 2.24) is 0 Å². The van der Waals surface area contributed by atoms with E-state index < -0.39 is 0 Å². The second-order valence-corrected chi connectivity index (χ2v) is 8.96. The minimum Gasteiger partial charge on any atom is -0.399 e. The lowest BCUT2D eigenvalue weighted by atomic mass is 9.45. The molecule has 1 unspecified atom stereocenters. The second kappa shape index (κ2) is 5.32. The van der Waals surface area contributed by atoms with Gasteiger partial charge in [0.2, 0.25) is 0 Å². The zero-order valence-corrected chi connectivity index (χ0v) is 14.9. The van der Waals surface area contributed by atoms with Gasteiger partial charge in [-0.25, -0.2) is 0 Å². The molecule has 0 N–H and O–H groups in total. The van der Waals surface area contributed by atoms with Gasteiger partial charge in [-0.3, -0.25) is 4.79 Å². The molecule has 0 amide bonds. The third-order valence-electron chi connectivity index (χ3n) is 8.40. The van der Waals surface area contributed by atoms with Crippen LogP contribution in [0.25, 0.3) is 0 Å². The van der Waals surface area contributed by atoms with E-state index in [1.165, 1.54) is 37.8 Å². The smallest absolute Gasteiger partial charge is 0.139 e. The fourth-order valence-electron chi connectivity index (χ4n) is 7.14. The first-order valence-electron chi connectivity index (χ1n) is 9.65. The highest BCUT2D eigenvalue weighted by Crippen LogP contribution is 2.64. The largest absolute Gasteiger partial charge is 0.399 e. The van der Waals surface area contributed by atoms with E-state index in [0.717, 1.165) is 37.5 Å². The fraction of sp³-hybridized carbons (Fsp3) is 0.900. The van der Waals surface area contributed by atoms with E-state index in [1.807, 2.05) is 0 Å². The Morgan fingerprint density at radius 2 is 1.87 bits per heavy atom. The van der Waals surface area contributed by atoms with Crippen molar-refractivity contribution in [2.75, 3.05) is 7.11 Å². The SMILES string of the molecule is CO/N=C1\CCCC2CC[C@@H]3[C@H](CC[C@]4(C)C(=O)CC[C@@H]34)[C@@]12C. The van der Waals surface area contributed by atoms with Gasteiger partial charge in [-0.1, -0.05) is 19.0 Å². The van der Waals surface area contributed by atoms with E-state index in [0.29, 0.717) is 17.6 Å². The molecule has 4 fully saturated rings. The van der Waals surface area contributed by atoms with Crippen molar-refractivity contribution in [3.05, 3.63) is 0 Å². The molecule has 4 saturated carbocycles. The molecule has 0 radical (unpaired) electrons. The van der Waals surface area contributed by atoms with Crippen LogP contribution in [0.2, 0.25) is 0 Å². The van der Waals surface area contributed by atoms with Crippen LogP contribution >= 0.6 is 0 Å². The van der Waals surface area contributed by atoms with Gasteiger partial charge in [0, 0.05) is 17.3 Å². The Bertz CT molecular complexity index is 542. The zero-order chi connectivity index (χ0) is 16.2. The monoisotopic (exact) mass is 317 g/mol. The molecule has 0 aromatic heterocycles. The number of carbonyl (C=O) groups is 1. The Balaban J connectivity index is 1.71. The number of hydrogen-bond donors (Lipinski definition) is 0. The van der Waals surface area contributed by atoms with E-state index in [-0.39, 0.29) is 10.8 Å². The Hall–Kier alpha value is -0.860. The van der Waals surface area contributed by atoms with Gasteiger partial charge in [0.1, 0.15) is 12.9 Å². The topological polar surface area (TPSA) is 38.7 Å². The van der Waals surface area contributed by atoms with Gasteiger partial charge >= 0.3 is 0 Å². The van der Waals surface area contributed by atoms with Gasteiger partial charge in [-0.15, -0.1) is 0 Å². The predicted octanol–water partition coefficient (Wildman–Crippen LogP) is 4.60. The number of ketones is 1. The van der Waals surface area contributed by atoms with Crippen molar-refractivity contribution in [2.45, 2.75) is 71.6 Å². The Morgan fingerprint density at radius 3 is 2.65 bits per heavy atom. The Kier molecular flexibility index (Phi) is 3.62. The summed E-state index contributed by atoms with van der Waals surface area (Å²) in [5.41, 5.74) is 1.51. The van der Waals surface area contributed by atoms with Crippen LogP contribution in [0.5, 0.6) is 0 Å². The summed E-state index contributed by atoms with van der Waals surface area (Å²) in [6.45, 7) is 4.74. The number of nitrogens with zero attached hydrogens (tertiary/aromatic N) is 1. The molecule has 0 aromatic rings. The minimum absolute atomic E-state index is 0.0163. The van der Waals surface area contributed by atoms with Crippen molar-refractivity contribution < 1.29 is 9.63 Å². The van der Waals surface area contributed by atoms with Crippen LogP contribution in [0.1, 0.15) is 71.6 Å². The first kappa shape index (κ1) is 15.7. The molecule has 0 heterocycles. The summed E-state index contributed by atoms with van der Waals surface area (Å²) < 4.78 is 0. The summed E-state index contributed by atoms with van der Waals surface area (Å²) in [4.78, 5) is 17.7. The first-order valence-corrected chi connectivity index (χ1v) is 9.65. The molecule has 0 saturated heterocycles. The summed E-state index contributed by atoms with van der Waals surface area (Å²) in [7, 11) is 1.69. The van der Waals surface area contributed by atoms with Crippen molar-refractivity contribution >= 4 is 11.5 Å². The van der Waals surface area contributed by atoms with Crippen LogP contribution in [0, 0.1) is 34.5 Å². The van der Waals surface area contributed by atoms with Crippen LogP contribution in [0.3, 0.4) is 0 Å². The fourth-order valence-corrected chi connectivity index (χ4v) is 7.14. The van der Waals surface area contributed by atoms with Gasteiger partial charge in [0.05, 0.1) is 5.71 Å². The molecular formula is C20H31NO2. The Morgan fingerprint density at radius 1 is 1.04 bits per heavy atom. The number of rotatable bonds is 1. The molecule has 3 heteroatoms. The molecule has 0 aliphatic heterocycles. The average Bonchev–Trinajstić information content (AvgIpc) is 2.84. The molecule has 128 valence electrons. The normalized spacial score (nSPS) is 51.1. The van der Waals surface area contributed by atoms with E-state index in [2.05, 4.69) is 19.0 Å².